The second kappa shape index (κ2) is 8.05. The van der Waals surface area contributed by atoms with Crippen molar-refractivity contribution in [2.75, 3.05) is 5.32 Å². The van der Waals surface area contributed by atoms with E-state index in [-0.39, 0.29) is 11.3 Å². The number of hydrogen-bond acceptors (Lipinski definition) is 4. The Kier molecular flexibility index (Phi) is 5.55. The van der Waals surface area contributed by atoms with Crippen molar-refractivity contribution in [3.8, 4) is 17.3 Å². The molecule has 0 saturated carbocycles. The first kappa shape index (κ1) is 19.3. The predicted octanol–water partition coefficient (Wildman–Crippen LogP) is 4.75. The summed E-state index contributed by atoms with van der Waals surface area (Å²) < 4.78 is 13.8. The van der Waals surface area contributed by atoms with E-state index in [4.69, 9.17) is 0 Å². The number of nitriles is 1. The number of pyridine rings is 1. The molecule has 5 nitrogen and oxygen atoms in total. The zero-order valence-electron chi connectivity index (χ0n) is 15.7. The molecule has 1 unspecified atom stereocenters. The monoisotopic (exact) mass is 377 g/mol. The Morgan fingerprint density at radius 2 is 2.00 bits per heavy atom. The van der Waals surface area contributed by atoms with Gasteiger partial charge in [0.25, 0.3) is 0 Å². The second-order valence-corrected chi connectivity index (χ2v) is 6.63. The summed E-state index contributed by atoms with van der Waals surface area (Å²) in [4.78, 5) is 15.9. The minimum absolute atomic E-state index is 0.189. The maximum absolute atomic E-state index is 13.8. The molecule has 0 aliphatic heterocycles. The molecule has 0 spiro atoms. The molecule has 2 aromatic carbocycles. The Hall–Kier alpha value is -3.46. The number of benzene rings is 2. The molecule has 0 bridgehead atoms. The maximum atomic E-state index is 13.8. The normalized spacial score (nSPS) is 11.8. The maximum Gasteiger partial charge on any atom is 0.325 e. The number of aromatic nitrogens is 1. The summed E-state index contributed by atoms with van der Waals surface area (Å²) in [5, 5.41) is 22.3. The summed E-state index contributed by atoms with van der Waals surface area (Å²) in [6.07, 6.45) is 1.99. The van der Waals surface area contributed by atoms with Crippen LogP contribution in [0, 0.1) is 17.1 Å². The van der Waals surface area contributed by atoms with Gasteiger partial charge in [-0.25, -0.2) is 9.37 Å². The number of carboxylic acid groups (broad SMARTS) is 1. The van der Waals surface area contributed by atoms with Gasteiger partial charge in [-0.15, -0.1) is 0 Å². The number of aliphatic carboxylic acids is 1. The Labute approximate surface area is 162 Å². The molecule has 2 N–H and O–H groups in total. The quantitative estimate of drug-likeness (QED) is 0.647. The van der Waals surface area contributed by atoms with E-state index in [0.29, 0.717) is 16.6 Å². The van der Waals surface area contributed by atoms with Gasteiger partial charge in [0.05, 0.1) is 16.9 Å². The van der Waals surface area contributed by atoms with E-state index in [1.807, 2.05) is 24.3 Å². The van der Waals surface area contributed by atoms with Crippen LogP contribution in [0.4, 0.5) is 10.1 Å². The molecule has 0 radical (unpaired) electrons. The zero-order valence-corrected chi connectivity index (χ0v) is 15.7. The van der Waals surface area contributed by atoms with E-state index in [2.05, 4.69) is 23.3 Å². The highest BCUT2D eigenvalue weighted by molar-refractivity contribution is 5.99. The Bertz CT molecular complexity index is 1070. The van der Waals surface area contributed by atoms with E-state index < -0.39 is 17.8 Å². The molecule has 142 valence electrons. The fourth-order valence-electron chi connectivity index (χ4n) is 3.10. The van der Waals surface area contributed by atoms with Crippen molar-refractivity contribution in [3.63, 3.8) is 0 Å². The number of carboxylic acids is 1. The molecule has 0 aliphatic rings. The largest absolute Gasteiger partial charge is 0.480 e. The summed E-state index contributed by atoms with van der Waals surface area (Å²) in [5.41, 5.74) is 3.31. The van der Waals surface area contributed by atoms with E-state index in [0.717, 1.165) is 18.4 Å². The smallest absolute Gasteiger partial charge is 0.325 e. The Balaban J connectivity index is 2.24. The number of nitrogens with zero attached hydrogens (tertiary/aromatic N) is 2. The number of halogens is 1. The third-order valence-electron chi connectivity index (χ3n) is 4.56. The van der Waals surface area contributed by atoms with Crippen LogP contribution in [0.1, 0.15) is 31.4 Å². The van der Waals surface area contributed by atoms with Gasteiger partial charge in [0, 0.05) is 10.9 Å². The molecule has 0 amide bonds. The average Bonchev–Trinajstić information content (AvgIpc) is 2.68. The molecule has 3 rings (SSSR count). The molecule has 1 heterocycles. The van der Waals surface area contributed by atoms with Crippen LogP contribution in [0.15, 0.2) is 42.5 Å². The van der Waals surface area contributed by atoms with Gasteiger partial charge in [-0.2, -0.15) is 5.26 Å². The number of nitrogens with one attached hydrogen (secondary N) is 1. The lowest BCUT2D eigenvalue weighted by molar-refractivity contribution is -0.137. The van der Waals surface area contributed by atoms with E-state index in [1.54, 1.807) is 0 Å². The number of hydrogen-bond donors (Lipinski definition) is 2. The molecular formula is C22H20FN3O2. The van der Waals surface area contributed by atoms with Crippen molar-refractivity contribution in [1.29, 1.82) is 5.26 Å². The van der Waals surface area contributed by atoms with Gasteiger partial charge < -0.3 is 10.4 Å². The van der Waals surface area contributed by atoms with Crippen molar-refractivity contribution in [2.24, 2.45) is 0 Å². The lowest BCUT2D eigenvalue weighted by Gasteiger charge is -2.17. The fraction of sp³-hybridized carbons (Fsp3) is 0.227. The Morgan fingerprint density at radius 3 is 2.61 bits per heavy atom. The lowest BCUT2D eigenvalue weighted by atomic mass is 9.99. The van der Waals surface area contributed by atoms with Gasteiger partial charge in [0.15, 0.2) is 0 Å². The van der Waals surface area contributed by atoms with Crippen molar-refractivity contribution >= 4 is 22.6 Å². The molecule has 1 atom stereocenters. The van der Waals surface area contributed by atoms with Gasteiger partial charge in [-0.05, 0) is 37.1 Å². The number of anilines is 1. The van der Waals surface area contributed by atoms with Crippen LogP contribution in [0.5, 0.6) is 0 Å². The van der Waals surface area contributed by atoms with E-state index in [1.165, 1.54) is 30.7 Å². The molecule has 0 saturated heterocycles. The summed E-state index contributed by atoms with van der Waals surface area (Å²) in [5.74, 6) is -1.56. The summed E-state index contributed by atoms with van der Waals surface area (Å²) in [6, 6.07) is 13.0. The third kappa shape index (κ3) is 3.79. The third-order valence-corrected chi connectivity index (χ3v) is 4.56. The van der Waals surface area contributed by atoms with Crippen LogP contribution in [0.3, 0.4) is 0 Å². The van der Waals surface area contributed by atoms with E-state index in [9.17, 15) is 19.6 Å². The minimum Gasteiger partial charge on any atom is -0.480 e. The molecule has 0 fully saturated rings. The number of fused-ring (bicyclic) bond motifs is 1. The van der Waals surface area contributed by atoms with Crippen LogP contribution >= 0.6 is 0 Å². The first-order chi connectivity index (χ1) is 13.4. The van der Waals surface area contributed by atoms with Gasteiger partial charge in [0.1, 0.15) is 23.5 Å². The van der Waals surface area contributed by atoms with Crippen molar-refractivity contribution < 1.29 is 14.3 Å². The van der Waals surface area contributed by atoms with Crippen molar-refractivity contribution in [2.45, 2.75) is 32.7 Å². The highest BCUT2D eigenvalue weighted by atomic mass is 19.1. The highest BCUT2D eigenvalue weighted by Crippen LogP contribution is 2.34. The topological polar surface area (TPSA) is 86.0 Å². The van der Waals surface area contributed by atoms with E-state index >= 15 is 0 Å². The lowest BCUT2D eigenvalue weighted by Crippen LogP contribution is -2.26. The second-order valence-electron chi connectivity index (χ2n) is 6.63. The summed E-state index contributed by atoms with van der Waals surface area (Å²) in [6.45, 7) is 3.57. The molecule has 1 aromatic heterocycles. The van der Waals surface area contributed by atoms with Crippen LogP contribution in [-0.4, -0.2) is 22.1 Å². The molecular weight excluding hydrogens is 357 g/mol. The fourth-order valence-corrected chi connectivity index (χ4v) is 3.10. The number of rotatable bonds is 6. The van der Waals surface area contributed by atoms with Gasteiger partial charge in [-0.3, -0.25) is 4.79 Å². The standard InChI is InChI=1S/C22H20FN3O2/c1-3-4-14-5-7-15(8-6-14)20-18(12-24)21(25-13(2)22(27)28)17-11-16(23)9-10-19(17)26-20/h5-11,13H,3-4H2,1-2H3,(H,25,26)(H,27,28). The minimum atomic E-state index is -1.07. The molecule has 3 aromatic rings. The average molecular weight is 377 g/mol. The Morgan fingerprint density at radius 1 is 1.29 bits per heavy atom. The number of carbonyl (C=O) groups is 1. The molecule has 28 heavy (non-hydrogen) atoms. The molecule has 6 heteroatoms. The SMILES string of the molecule is CCCc1ccc(-c2nc3ccc(F)cc3c(NC(C)C(=O)O)c2C#N)cc1. The van der Waals surface area contributed by atoms with Crippen LogP contribution in [0.2, 0.25) is 0 Å². The summed E-state index contributed by atoms with van der Waals surface area (Å²) in [7, 11) is 0. The van der Waals surface area contributed by atoms with Gasteiger partial charge >= 0.3 is 5.97 Å². The molecule has 0 aliphatic carbocycles. The van der Waals surface area contributed by atoms with Gasteiger partial charge in [-0.1, -0.05) is 37.6 Å². The van der Waals surface area contributed by atoms with Gasteiger partial charge in [0.2, 0.25) is 0 Å². The van der Waals surface area contributed by atoms with Crippen molar-refractivity contribution in [3.05, 3.63) is 59.4 Å². The van der Waals surface area contributed by atoms with Crippen LogP contribution in [-0.2, 0) is 11.2 Å². The number of aryl methyl sites for hydroxylation is 1. The summed E-state index contributed by atoms with van der Waals surface area (Å²) >= 11 is 0. The van der Waals surface area contributed by atoms with Crippen LogP contribution in [0.25, 0.3) is 22.2 Å². The van der Waals surface area contributed by atoms with Crippen LogP contribution < -0.4 is 5.32 Å². The first-order valence-corrected chi connectivity index (χ1v) is 9.06. The predicted molar refractivity (Wildman–Crippen MR) is 107 cm³/mol. The highest BCUT2D eigenvalue weighted by Gasteiger charge is 2.20. The first-order valence-electron chi connectivity index (χ1n) is 9.06. The van der Waals surface area contributed by atoms with Crippen molar-refractivity contribution in [1.82, 2.24) is 4.98 Å². The zero-order chi connectivity index (χ0) is 20.3.